The fourth-order valence-electron chi connectivity index (χ4n) is 1.48. The zero-order chi connectivity index (χ0) is 12.8. The first kappa shape index (κ1) is 13.5. The van der Waals surface area contributed by atoms with E-state index in [-0.39, 0.29) is 0 Å². The van der Waals surface area contributed by atoms with Gasteiger partial charge in [-0.15, -0.1) is 0 Å². The molecule has 0 aliphatic carbocycles. The predicted octanol–water partition coefficient (Wildman–Crippen LogP) is 2.66. The van der Waals surface area contributed by atoms with Gasteiger partial charge in [-0.1, -0.05) is 26.0 Å². The SMILES string of the molecule is Cc1cccc(NC(=O)OCC(C)C)c1CN. The number of nitrogens with one attached hydrogen (secondary N) is 1. The van der Waals surface area contributed by atoms with Crippen LogP contribution >= 0.6 is 0 Å². The Bertz CT molecular complexity index is 389. The third kappa shape index (κ3) is 4.07. The fraction of sp³-hybridized carbons (Fsp3) is 0.462. The molecule has 0 saturated heterocycles. The van der Waals surface area contributed by atoms with Crippen molar-refractivity contribution in [1.29, 1.82) is 0 Å². The number of aryl methyl sites for hydroxylation is 1. The van der Waals surface area contributed by atoms with Crippen molar-refractivity contribution >= 4 is 11.8 Å². The van der Waals surface area contributed by atoms with Gasteiger partial charge in [-0.05, 0) is 30.0 Å². The molecule has 1 aromatic rings. The number of rotatable bonds is 4. The van der Waals surface area contributed by atoms with Gasteiger partial charge in [0.25, 0.3) is 0 Å². The Labute approximate surface area is 102 Å². The van der Waals surface area contributed by atoms with Crippen LogP contribution in [-0.2, 0) is 11.3 Å². The number of hydrogen-bond donors (Lipinski definition) is 2. The molecule has 94 valence electrons. The minimum atomic E-state index is -0.431. The molecular weight excluding hydrogens is 216 g/mol. The molecule has 0 aromatic heterocycles. The smallest absolute Gasteiger partial charge is 0.411 e. The molecule has 0 bridgehead atoms. The topological polar surface area (TPSA) is 64.3 Å². The van der Waals surface area contributed by atoms with Crippen LogP contribution in [0.3, 0.4) is 0 Å². The molecule has 4 nitrogen and oxygen atoms in total. The highest BCUT2D eigenvalue weighted by Gasteiger charge is 2.09. The van der Waals surface area contributed by atoms with E-state index in [1.54, 1.807) is 0 Å². The molecule has 0 aliphatic heterocycles. The summed E-state index contributed by atoms with van der Waals surface area (Å²) in [4.78, 5) is 11.5. The minimum absolute atomic E-state index is 0.326. The second kappa shape index (κ2) is 6.25. The van der Waals surface area contributed by atoms with Crippen LogP contribution in [0.2, 0.25) is 0 Å². The first-order valence-corrected chi connectivity index (χ1v) is 5.77. The second-order valence-electron chi connectivity index (χ2n) is 4.42. The molecule has 0 radical (unpaired) electrons. The molecule has 1 amide bonds. The molecular formula is C13H20N2O2. The van der Waals surface area contributed by atoms with Gasteiger partial charge < -0.3 is 10.5 Å². The van der Waals surface area contributed by atoms with E-state index in [1.807, 2.05) is 39.0 Å². The Morgan fingerprint density at radius 1 is 1.47 bits per heavy atom. The van der Waals surface area contributed by atoms with Crippen LogP contribution in [-0.4, -0.2) is 12.7 Å². The van der Waals surface area contributed by atoms with Gasteiger partial charge in [0.15, 0.2) is 0 Å². The maximum Gasteiger partial charge on any atom is 0.411 e. The van der Waals surface area contributed by atoms with Crippen LogP contribution in [0.5, 0.6) is 0 Å². The van der Waals surface area contributed by atoms with E-state index < -0.39 is 6.09 Å². The average molecular weight is 236 g/mol. The normalized spacial score (nSPS) is 10.4. The van der Waals surface area contributed by atoms with Crippen molar-refractivity contribution in [3.63, 3.8) is 0 Å². The number of nitrogens with two attached hydrogens (primary N) is 1. The summed E-state index contributed by atoms with van der Waals surface area (Å²) in [5, 5.41) is 2.72. The van der Waals surface area contributed by atoms with Gasteiger partial charge in [-0.2, -0.15) is 0 Å². The zero-order valence-electron chi connectivity index (χ0n) is 10.6. The van der Waals surface area contributed by atoms with E-state index >= 15 is 0 Å². The summed E-state index contributed by atoms with van der Waals surface area (Å²) >= 11 is 0. The van der Waals surface area contributed by atoms with Crippen LogP contribution in [0.25, 0.3) is 0 Å². The number of benzene rings is 1. The lowest BCUT2D eigenvalue weighted by Gasteiger charge is -2.13. The Balaban J connectivity index is 2.68. The van der Waals surface area contributed by atoms with Crippen LogP contribution in [0.1, 0.15) is 25.0 Å². The van der Waals surface area contributed by atoms with E-state index in [0.29, 0.717) is 19.1 Å². The van der Waals surface area contributed by atoms with Gasteiger partial charge in [0.05, 0.1) is 6.61 Å². The average Bonchev–Trinajstić information content (AvgIpc) is 2.27. The van der Waals surface area contributed by atoms with Crippen molar-refractivity contribution in [2.75, 3.05) is 11.9 Å². The molecule has 4 heteroatoms. The summed E-state index contributed by atoms with van der Waals surface area (Å²) < 4.78 is 5.06. The number of carbonyl (C=O) groups is 1. The lowest BCUT2D eigenvalue weighted by molar-refractivity contribution is 0.147. The van der Waals surface area contributed by atoms with Gasteiger partial charge in [0.1, 0.15) is 0 Å². The lowest BCUT2D eigenvalue weighted by Crippen LogP contribution is -2.18. The zero-order valence-corrected chi connectivity index (χ0v) is 10.6. The third-order valence-corrected chi connectivity index (χ3v) is 2.40. The molecule has 0 spiro atoms. The van der Waals surface area contributed by atoms with Crippen molar-refractivity contribution in [3.8, 4) is 0 Å². The summed E-state index contributed by atoms with van der Waals surface area (Å²) in [7, 11) is 0. The first-order chi connectivity index (χ1) is 8.04. The van der Waals surface area contributed by atoms with Gasteiger partial charge in [0, 0.05) is 12.2 Å². The maximum atomic E-state index is 11.5. The summed E-state index contributed by atoms with van der Waals surface area (Å²) in [6.45, 7) is 6.76. The molecule has 0 fully saturated rings. The number of anilines is 1. The van der Waals surface area contributed by atoms with E-state index in [0.717, 1.165) is 16.8 Å². The Morgan fingerprint density at radius 3 is 2.76 bits per heavy atom. The van der Waals surface area contributed by atoms with E-state index in [1.165, 1.54) is 0 Å². The third-order valence-electron chi connectivity index (χ3n) is 2.40. The van der Waals surface area contributed by atoms with Gasteiger partial charge in [-0.25, -0.2) is 4.79 Å². The molecule has 0 saturated carbocycles. The summed E-state index contributed by atoms with van der Waals surface area (Å²) in [6.07, 6.45) is -0.431. The standard InChI is InChI=1S/C13H20N2O2/c1-9(2)8-17-13(16)15-12-6-4-5-10(3)11(12)7-14/h4-6,9H,7-8,14H2,1-3H3,(H,15,16). The lowest BCUT2D eigenvalue weighted by atomic mass is 10.1. The Hall–Kier alpha value is -1.55. The molecule has 0 heterocycles. The van der Waals surface area contributed by atoms with E-state index in [9.17, 15) is 4.79 Å². The molecule has 17 heavy (non-hydrogen) atoms. The highest BCUT2D eigenvalue weighted by atomic mass is 16.5. The van der Waals surface area contributed by atoms with Crippen molar-refractivity contribution < 1.29 is 9.53 Å². The number of ether oxygens (including phenoxy) is 1. The number of amides is 1. The predicted molar refractivity (Wildman–Crippen MR) is 68.9 cm³/mol. The molecule has 1 aromatic carbocycles. The van der Waals surface area contributed by atoms with Crippen LogP contribution in [0.15, 0.2) is 18.2 Å². The second-order valence-corrected chi connectivity index (χ2v) is 4.42. The van der Waals surface area contributed by atoms with Crippen molar-refractivity contribution in [3.05, 3.63) is 29.3 Å². The molecule has 0 aliphatic rings. The maximum absolute atomic E-state index is 11.5. The van der Waals surface area contributed by atoms with Crippen LogP contribution in [0, 0.1) is 12.8 Å². The summed E-state index contributed by atoms with van der Waals surface area (Å²) in [5.74, 6) is 0.326. The van der Waals surface area contributed by atoms with Crippen LogP contribution in [0.4, 0.5) is 10.5 Å². The van der Waals surface area contributed by atoms with Crippen LogP contribution < -0.4 is 11.1 Å². The molecule has 0 atom stereocenters. The van der Waals surface area contributed by atoms with E-state index in [2.05, 4.69) is 5.32 Å². The Morgan fingerprint density at radius 2 is 2.18 bits per heavy atom. The monoisotopic (exact) mass is 236 g/mol. The van der Waals surface area contributed by atoms with Crippen molar-refractivity contribution in [2.45, 2.75) is 27.3 Å². The highest BCUT2D eigenvalue weighted by molar-refractivity contribution is 5.85. The van der Waals surface area contributed by atoms with Gasteiger partial charge in [0.2, 0.25) is 0 Å². The summed E-state index contributed by atoms with van der Waals surface area (Å²) in [5.41, 5.74) is 8.38. The quantitative estimate of drug-likeness (QED) is 0.844. The highest BCUT2D eigenvalue weighted by Crippen LogP contribution is 2.19. The van der Waals surface area contributed by atoms with E-state index in [4.69, 9.17) is 10.5 Å². The number of carbonyl (C=O) groups excluding carboxylic acids is 1. The van der Waals surface area contributed by atoms with Gasteiger partial charge in [-0.3, -0.25) is 5.32 Å². The van der Waals surface area contributed by atoms with Gasteiger partial charge >= 0.3 is 6.09 Å². The first-order valence-electron chi connectivity index (χ1n) is 5.77. The number of hydrogen-bond acceptors (Lipinski definition) is 3. The minimum Gasteiger partial charge on any atom is -0.449 e. The fourth-order valence-corrected chi connectivity index (χ4v) is 1.48. The molecule has 1 rings (SSSR count). The largest absolute Gasteiger partial charge is 0.449 e. The summed E-state index contributed by atoms with van der Waals surface area (Å²) in [6, 6.07) is 5.67. The van der Waals surface area contributed by atoms with Crippen molar-refractivity contribution in [1.82, 2.24) is 0 Å². The Kier molecular flexibility index (Phi) is 4.97. The molecule has 3 N–H and O–H groups in total. The van der Waals surface area contributed by atoms with Crippen molar-refractivity contribution in [2.24, 2.45) is 11.7 Å². The molecule has 0 unspecified atom stereocenters.